The number of carbonyl (C=O) groups is 2. The quantitative estimate of drug-likeness (QED) is 0.437. The van der Waals surface area contributed by atoms with Crippen LogP contribution < -0.4 is 0 Å². The van der Waals surface area contributed by atoms with E-state index < -0.39 is 0 Å². The molecular formula is C10H7Br3O4. The maximum Gasteiger partial charge on any atom is 0.336 e. The summed E-state index contributed by atoms with van der Waals surface area (Å²) >= 11 is 9.35. The van der Waals surface area contributed by atoms with Crippen molar-refractivity contribution in [3.63, 3.8) is 0 Å². The third kappa shape index (κ3) is 4.77. The minimum absolute atomic E-state index is 0.0596. The Morgan fingerprint density at radius 1 is 1.18 bits per heavy atom. The van der Waals surface area contributed by atoms with Crippen molar-refractivity contribution in [3.05, 3.63) is 33.6 Å². The van der Waals surface area contributed by atoms with Crippen molar-refractivity contribution in [2.24, 2.45) is 0 Å². The molecule has 0 aromatic rings. The minimum atomic E-state index is -0.310. The SMILES string of the molecule is O=C1C=C/C(=C/Br)O1.O=C1CC(Br)/C(=C/Br)O1. The van der Waals surface area contributed by atoms with Gasteiger partial charge in [-0.1, -0.05) is 47.8 Å². The van der Waals surface area contributed by atoms with Gasteiger partial charge in [-0.25, -0.2) is 4.79 Å². The number of halogens is 3. The van der Waals surface area contributed by atoms with E-state index in [2.05, 4.69) is 52.5 Å². The molecule has 17 heavy (non-hydrogen) atoms. The molecule has 0 bridgehead atoms. The van der Waals surface area contributed by atoms with Crippen molar-refractivity contribution in [2.75, 3.05) is 0 Å². The molecule has 0 saturated carbocycles. The minimum Gasteiger partial charge on any atom is -0.429 e. The standard InChI is InChI=1S/C5H4Br2O2.C5H3BrO2/c6-2-4-3(7)1-5(8)9-4;6-3-4-1-2-5(7)8-4/h2-3H,1H2;1-3H/b4-2-;4-3-. The Kier molecular flexibility index (Phi) is 6.15. The monoisotopic (exact) mass is 428 g/mol. The van der Waals surface area contributed by atoms with Crippen LogP contribution >= 0.6 is 47.8 Å². The van der Waals surface area contributed by atoms with E-state index in [9.17, 15) is 9.59 Å². The molecule has 2 aliphatic heterocycles. The highest BCUT2D eigenvalue weighted by Crippen LogP contribution is 2.26. The van der Waals surface area contributed by atoms with Gasteiger partial charge in [0.05, 0.1) is 11.2 Å². The van der Waals surface area contributed by atoms with E-state index in [0.29, 0.717) is 17.9 Å². The Bertz CT molecular complexity index is 412. The molecule has 2 rings (SSSR count). The maximum absolute atomic E-state index is 10.5. The summed E-state index contributed by atoms with van der Waals surface area (Å²) in [6.45, 7) is 0. The van der Waals surface area contributed by atoms with E-state index in [1.54, 1.807) is 16.0 Å². The first-order valence-electron chi connectivity index (χ1n) is 4.42. The van der Waals surface area contributed by atoms with Crippen molar-refractivity contribution < 1.29 is 19.1 Å². The van der Waals surface area contributed by atoms with Gasteiger partial charge in [0.15, 0.2) is 0 Å². The Morgan fingerprint density at radius 3 is 2.12 bits per heavy atom. The van der Waals surface area contributed by atoms with Crippen LogP contribution in [0.5, 0.6) is 0 Å². The number of cyclic esters (lactones) is 2. The number of rotatable bonds is 0. The molecule has 4 nitrogen and oxygen atoms in total. The summed E-state index contributed by atoms with van der Waals surface area (Å²) in [6, 6.07) is 0. The summed E-state index contributed by atoms with van der Waals surface area (Å²) < 4.78 is 9.33. The van der Waals surface area contributed by atoms with E-state index in [4.69, 9.17) is 4.74 Å². The zero-order valence-electron chi connectivity index (χ0n) is 8.36. The maximum atomic E-state index is 10.5. The Labute approximate surface area is 123 Å². The van der Waals surface area contributed by atoms with Crippen LogP contribution in [0.15, 0.2) is 33.6 Å². The highest BCUT2D eigenvalue weighted by Gasteiger charge is 2.26. The lowest BCUT2D eigenvalue weighted by molar-refractivity contribution is -0.135. The molecule has 0 aromatic heterocycles. The molecular weight excluding hydrogens is 424 g/mol. The topological polar surface area (TPSA) is 52.6 Å². The van der Waals surface area contributed by atoms with E-state index in [1.807, 2.05) is 0 Å². The van der Waals surface area contributed by atoms with E-state index >= 15 is 0 Å². The van der Waals surface area contributed by atoms with Crippen LogP contribution in [0, 0.1) is 0 Å². The summed E-state index contributed by atoms with van der Waals surface area (Å²) in [4.78, 5) is 24.0. The smallest absolute Gasteiger partial charge is 0.336 e. The molecule has 0 radical (unpaired) electrons. The van der Waals surface area contributed by atoms with Gasteiger partial charge >= 0.3 is 11.9 Å². The fourth-order valence-corrected chi connectivity index (χ4v) is 2.47. The second kappa shape index (κ2) is 7.13. The molecule has 0 amide bonds. The molecule has 92 valence electrons. The van der Waals surface area contributed by atoms with Gasteiger partial charge in [-0.15, -0.1) is 0 Å². The molecule has 0 aliphatic carbocycles. The van der Waals surface area contributed by atoms with Gasteiger partial charge in [-0.2, -0.15) is 0 Å². The molecule has 7 heteroatoms. The van der Waals surface area contributed by atoms with Crippen LogP contribution in [0.25, 0.3) is 0 Å². The first kappa shape index (κ1) is 14.7. The van der Waals surface area contributed by atoms with Crippen molar-refractivity contribution in [3.8, 4) is 0 Å². The van der Waals surface area contributed by atoms with E-state index in [0.717, 1.165) is 0 Å². The first-order valence-corrected chi connectivity index (χ1v) is 7.16. The number of ether oxygens (including phenoxy) is 2. The number of alkyl halides is 1. The van der Waals surface area contributed by atoms with E-state index in [-0.39, 0.29) is 16.8 Å². The molecule has 1 atom stereocenters. The van der Waals surface area contributed by atoms with Gasteiger partial charge < -0.3 is 9.47 Å². The van der Waals surface area contributed by atoms with Crippen LogP contribution in [-0.4, -0.2) is 16.8 Å². The number of hydrogen-bond acceptors (Lipinski definition) is 4. The highest BCUT2D eigenvalue weighted by molar-refractivity contribution is 9.11. The van der Waals surface area contributed by atoms with Crippen LogP contribution in [0.3, 0.4) is 0 Å². The van der Waals surface area contributed by atoms with Crippen LogP contribution in [0.4, 0.5) is 0 Å². The second-order valence-electron chi connectivity index (χ2n) is 2.92. The zero-order chi connectivity index (χ0) is 12.8. The fraction of sp³-hybridized carbons (Fsp3) is 0.200. The number of allylic oxidation sites excluding steroid dienone is 2. The lowest BCUT2D eigenvalue weighted by atomic mass is 10.3. The zero-order valence-corrected chi connectivity index (χ0v) is 13.1. The van der Waals surface area contributed by atoms with Crippen LogP contribution in [0.1, 0.15) is 6.42 Å². The fourth-order valence-electron chi connectivity index (χ4n) is 0.968. The molecule has 0 N–H and O–H groups in total. The molecule has 1 unspecified atom stereocenters. The summed E-state index contributed by atoms with van der Waals surface area (Å²) in [5, 5.41) is 0. The van der Waals surface area contributed by atoms with Crippen molar-refractivity contribution in [1.29, 1.82) is 0 Å². The van der Waals surface area contributed by atoms with Crippen LogP contribution in [0.2, 0.25) is 0 Å². The number of hydrogen-bond donors (Lipinski definition) is 0. The Hall–Kier alpha value is -0.400. The van der Waals surface area contributed by atoms with Crippen molar-refractivity contribution in [1.82, 2.24) is 0 Å². The average Bonchev–Trinajstić information content (AvgIpc) is 2.85. The van der Waals surface area contributed by atoms with Gasteiger partial charge in [-0.05, 0) is 6.08 Å². The molecule has 1 fully saturated rings. The average molecular weight is 431 g/mol. The third-order valence-electron chi connectivity index (χ3n) is 1.70. The van der Waals surface area contributed by atoms with Gasteiger partial charge in [-0.3, -0.25) is 4.79 Å². The van der Waals surface area contributed by atoms with Crippen molar-refractivity contribution in [2.45, 2.75) is 11.2 Å². The molecule has 0 aromatic carbocycles. The second-order valence-corrected chi connectivity index (χ2v) is 4.94. The summed E-state index contributed by atoms with van der Waals surface area (Å²) in [5.41, 5.74) is 0. The predicted octanol–water partition coefficient (Wildman–Crippen LogP) is 3.27. The largest absolute Gasteiger partial charge is 0.429 e. The normalized spacial score (nSPS) is 26.9. The molecule has 1 saturated heterocycles. The van der Waals surface area contributed by atoms with Gasteiger partial charge in [0.25, 0.3) is 0 Å². The third-order valence-corrected chi connectivity index (χ3v) is 3.38. The first-order chi connectivity index (χ1) is 8.06. The molecule has 0 spiro atoms. The lowest BCUT2D eigenvalue weighted by Gasteiger charge is -1.94. The molecule has 2 heterocycles. The summed E-state index contributed by atoms with van der Waals surface area (Å²) in [6.07, 6.45) is 3.39. The van der Waals surface area contributed by atoms with Gasteiger partial charge in [0.1, 0.15) is 11.5 Å². The van der Waals surface area contributed by atoms with Crippen LogP contribution in [-0.2, 0) is 19.1 Å². The van der Waals surface area contributed by atoms with Gasteiger partial charge in [0.2, 0.25) is 0 Å². The van der Waals surface area contributed by atoms with Crippen molar-refractivity contribution >= 4 is 59.7 Å². The Balaban J connectivity index is 0.000000171. The Morgan fingerprint density at radius 2 is 1.88 bits per heavy atom. The number of esters is 2. The summed E-state index contributed by atoms with van der Waals surface area (Å²) in [5.74, 6) is 0.716. The number of carbonyl (C=O) groups excluding carboxylic acids is 2. The lowest BCUT2D eigenvalue weighted by Crippen LogP contribution is -1.90. The van der Waals surface area contributed by atoms with Gasteiger partial charge in [0, 0.05) is 16.0 Å². The molecule has 2 aliphatic rings. The summed E-state index contributed by atoms with van der Waals surface area (Å²) in [7, 11) is 0. The highest BCUT2D eigenvalue weighted by atomic mass is 79.9. The predicted molar refractivity (Wildman–Crippen MR) is 72.7 cm³/mol. The van der Waals surface area contributed by atoms with E-state index in [1.165, 1.54) is 6.08 Å².